The number of hydrogen-bond donors (Lipinski definition) is 0. The van der Waals surface area contributed by atoms with Crippen molar-refractivity contribution in [3.63, 3.8) is 0 Å². The highest BCUT2D eigenvalue weighted by Gasteiger charge is 2.25. The van der Waals surface area contributed by atoms with Gasteiger partial charge in [-0.2, -0.15) is 0 Å². The van der Waals surface area contributed by atoms with Crippen LogP contribution in [0.15, 0.2) is 24.3 Å². The van der Waals surface area contributed by atoms with Crippen molar-refractivity contribution in [2.75, 3.05) is 20.6 Å². The highest BCUT2D eigenvalue weighted by Crippen LogP contribution is 2.16. The molecular weight excluding hydrogens is 562 g/mol. The molecule has 3 nitrogen and oxygen atoms in total. The topological polar surface area (TPSA) is 37.4 Å². The number of rotatable bonds is 34. The predicted octanol–water partition coefficient (Wildman–Crippen LogP) is 12.8. The molecule has 0 aromatic rings. The van der Waals surface area contributed by atoms with Gasteiger partial charge in [-0.25, -0.2) is 0 Å². The van der Waals surface area contributed by atoms with Crippen molar-refractivity contribution in [2.45, 2.75) is 194 Å². The van der Waals surface area contributed by atoms with E-state index in [4.69, 9.17) is 0 Å². The highest BCUT2D eigenvalue weighted by molar-refractivity contribution is 6.02. The first-order valence-electron chi connectivity index (χ1n) is 19.0. The zero-order valence-corrected chi connectivity index (χ0v) is 30.9. The van der Waals surface area contributed by atoms with Crippen molar-refractivity contribution < 1.29 is 9.59 Å². The molecule has 0 saturated carbocycles. The maximum Gasteiger partial charge on any atom is 0.144 e. The van der Waals surface area contributed by atoms with Gasteiger partial charge >= 0.3 is 0 Å². The minimum atomic E-state index is -0.427. The molecule has 0 bridgehead atoms. The Balaban J connectivity index is 0. The maximum absolute atomic E-state index is 13.0. The monoisotopic (exact) mass is 638 g/mol. The number of hydrogen-bond acceptors (Lipinski definition) is 3. The molecule has 0 unspecified atom stereocenters. The third-order valence-corrected chi connectivity index (χ3v) is 8.69. The normalized spacial score (nSPS) is 12.4. The number of carbonyl (C=O) groups is 2. The Morgan fingerprint density at radius 2 is 0.727 bits per heavy atom. The molecule has 0 heterocycles. The Morgan fingerprint density at radius 3 is 1.02 bits per heavy atom. The predicted molar refractivity (Wildman–Crippen MR) is 198 cm³/mol. The molecule has 0 aromatic carbocycles. The van der Waals surface area contributed by atoms with E-state index in [1.807, 2.05) is 19.0 Å². The maximum atomic E-state index is 13.0. The van der Waals surface area contributed by atoms with Gasteiger partial charge in [-0.3, -0.25) is 9.59 Å². The van der Waals surface area contributed by atoms with Gasteiger partial charge in [0.25, 0.3) is 0 Å². The Labute approximate surface area is 282 Å². The summed E-state index contributed by atoms with van der Waals surface area (Å²) in [6.07, 6.45) is 43.3. The number of unbranched alkanes of at least 4 members (excludes halogenated alkanes) is 22. The van der Waals surface area contributed by atoms with Crippen molar-refractivity contribution in [3.05, 3.63) is 24.3 Å². The van der Waals surface area contributed by atoms with E-state index in [9.17, 15) is 9.59 Å². The first-order valence-corrected chi connectivity index (χ1v) is 19.0. The van der Waals surface area contributed by atoms with Gasteiger partial charge in [-0.1, -0.05) is 141 Å². The zero-order valence-electron chi connectivity index (χ0n) is 30.1. The molecule has 0 aliphatic heterocycles. The van der Waals surface area contributed by atoms with E-state index in [0.717, 1.165) is 25.7 Å². The molecule has 0 N–H and O–H groups in total. The third-order valence-electron chi connectivity index (χ3n) is 8.69. The molecule has 0 fully saturated rings. The molecule has 0 amide bonds. The van der Waals surface area contributed by atoms with Crippen LogP contribution in [0.4, 0.5) is 0 Å². The van der Waals surface area contributed by atoms with Crippen LogP contribution in [0.25, 0.3) is 0 Å². The molecular formula is C40H76ClNO2. The summed E-state index contributed by atoms with van der Waals surface area (Å²) in [6, 6.07) is 0. The van der Waals surface area contributed by atoms with Crippen molar-refractivity contribution >= 4 is 24.0 Å². The van der Waals surface area contributed by atoms with Gasteiger partial charge in [0.1, 0.15) is 11.6 Å². The molecule has 0 aliphatic carbocycles. The average molecular weight is 639 g/mol. The second kappa shape index (κ2) is 36.5. The molecule has 0 radical (unpaired) electrons. The molecule has 0 atom stereocenters. The van der Waals surface area contributed by atoms with E-state index in [1.54, 1.807) is 0 Å². The molecule has 0 spiro atoms. The van der Waals surface area contributed by atoms with Gasteiger partial charge in [0.05, 0.1) is 5.92 Å². The minimum Gasteiger partial charge on any atom is -0.308 e. The van der Waals surface area contributed by atoms with Gasteiger partial charge in [-0.15, -0.1) is 12.4 Å². The summed E-state index contributed by atoms with van der Waals surface area (Å²) in [6.45, 7) is 5.11. The zero-order chi connectivity index (χ0) is 31.6. The summed E-state index contributed by atoms with van der Waals surface area (Å²) >= 11 is 0. The van der Waals surface area contributed by atoms with E-state index >= 15 is 0 Å². The minimum absolute atomic E-state index is 0. The molecule has 0 saturated heterocycles. The smallest absolute Gasteiger partial charge is 0.144 e. The number of carbonyl (C=O) groups excluding carboxylic acids is 2. The third kappa shape index (κ3) is 32.5. The van der Waals surface area contributed by atoms with Crippen molar-refractivity contribution in [1.82, 2.24) is 4.90 Å². The quantitative estimate of drug-likeness (QED) is 0.0400. The largest absolute Gasteiger partial charge is 0.308 e. The Bertz CT molecular complexity index is 620. The lowest BCUT2D eigenvalue weighted by atomic mass is 9.91. The summed E-state index contributed by atoms with van der Waals surface area (Å²) in [5.74, 6) is -0.0864. The standard InChI is InChI=1S/C40H75NO2.ClH/c1-5-7-9-11-13-15-17-19-21-23-25-27-29-31-33-35-39(42)38(37-41(3)4)40(43)36-34-32-30-28-26-24-22-20-18-16-14-12-10-8-6-2;/h19-22,38H,5-18,23-37H2,1-4H3;1H. The lowest BCUT2D eigenvalue weighted by Crippen LogP contribution is -2.34. The van der Waals surface area contributed by atoms with E-state index in [0.29, 0.717) is 19.4 Å². The van der Waals surface area contributed by atoms with Crippen LogP contribution in [0, 0.1) is 5.92 Å². The Morgan fingerprint density at radius 1 is 0.455 bits per heavy atom. The second-order valence-electron chi connectivity index (χ2n) is 13.4. The number of halogens is 1. The van der Waals surface area contributed by atoms with Crippen LogP contribution in [-0.2, 0) is 9.59 Å². The fourth-order valence-corrected chi connectivity index (χ4v) is 5.84. The van der Waals surface area contributed by atoms with Gasteiger partial charge in [-0.05, 0) is 78.3 Å². The van der Waals surface area contributed by atoms with Crippen molar-refractivity contribution in [1.29, 1.82) is 0 Å². The first kappa shape index (κ1) is 45.2. The van der Waals surface area contributed by atoms with Crippen LogP contribution in [0.3, 0.4) is 0 Å². The van der Waals surface area contributed by atoms with Crippen LogP contribution in [0.2, 0.25) is 0 Å². The Hall–Kier alpha value is -0.930. The number of allylic oxidation sites excluding steroid dienone is 4. The molecule has 0 aromatic heterocycles. The lowest BCUT2D eigenvalue weighted by molar-refractivity contribution is -0.133. The summed E-state index contributed by atoms with van der Waals surface area (Å²) in [5.41, 5.74) is 0. The van der Waals surface area contributed by atoms with Crippen molar-refractivity contribution in [3.8, 4) is 0 Å². The fourth-order valence-electron chi connectivity index (χ4n) is 5.84. The number of ketones is 2. The van der Waals surface area contributed by atoms with Gasteiger partial charge in [0, 0.05) is 19.4 Å². The fraction of sp³-hybridized carbons (Fsp3) is 0.850. The van der Waals surface area contributed by atoms with E-state index in [1.165, 1.54) is 141 Å². The average Bonchev–Trinajstić information content (AvgIpc) is 2.99. The molecule has 0 aliphatic rings. The van der Waals surface area contributed by atoms with Crippen molar-refractivity contribution in [2.24, 2.45) is 5.92 Å². The molecule has 0 rings (SSSR count). The van der Waals surface area contributed by atoms with Gasteiger partial charge < -0.3 is 4.90 Å². The van der Waals surface area contributed by atoms with Crippen LogP contribution < -0.4 is 0 Å². The lowest BCUT2D eigenvalue weighted by Gasteiger charge is -2.19. The summed E-state index contributed by atoms with van der Waals surface area (Å²) in [4.78, 5) is 27.9. The van der Waals surface area contributed by atoms with E-state index in [-0.39, 0.29) is 24.0 Å². The van der Waals surface area contributed by atoms with Crippen LogP contribution >= 0.6 is 12.4 Å². The summed E-state index contributed by atoms with van der Waals surface area (Å²) < 4.78 is 0. The van der Waals surface area contributed by atoms with E-state index < -0.39 is 5.92 Å². The first-order chi connectivity index (χ1) is 21.0. The SMILES string of the molecule is CCCCCCCCC=CCCCCCCCC(=O)C(CN(C)C)C(=O)CCCCCCCC=CCCCCCCCC.Cl. The van der Waals surface area contributed by atoms with Crippen LogP contribution in [0.5, 0.6) is 0 Å². The number of nitrogens with zero attached hydrogens (tertiary/aromatic N) is 1. The highest BCUT2D eigenvalue weighted by atomic mass is 35.5. The van der Waals surface area contributed by atoms with E-state index in [2.05, 4.69) is 38.2 Å². The van der Waals surface area contributed by atoms with Crippen LogP contribution in [0.1, 0.15) is 194 Å². The van der Waals surface area contributed by atoms with Gasteiger partial charge in [0.2, 0.25) is 0 Å². The Kier molecular flexibility index (Phi) is 37.5. The summed E-state index contributed by atoms with van der Waals surface area (Å²) in [5, 5.41) is 0. The van der Waals surface area contributed by atoms with Gasteiger partial charge in [0.15, 0.2) is 0 Å². The molecule has 4 heteroatoms. The summed E-state index contributed by atoms with van der Waals surface area (Å²) in [7, 11) is 3.94. The second-order valence-corrected chi connectivity index (χ2v) is 13.4. The van der Waals surface area contributed by atoms with Crippen LogP contribution in [-0.4, -0.2) is 37.1 Å². The number of Topliss-reactive ketones (excluding diaryl/α,β-unsaturated/α-hetero) is 2. The molecule has 44 heavy (non-hydrogen) atoms. The molecule has 260 valence electrons.